The highest BCUT2D eigenvalue weighted by molar-refractivity contribution is 5.83. The first-order chi connectivity index (χ1) is 13.6. The van der Waals surface area contributed by atoms with Crippen LogP contribution in [0.5, 0.6) is 0 Å². The first kappa shape index (κ1) is 20.7. The van der Waals surface area contributed by atoms with Gasteiger partial charge in [0.05, 0.1) is 13.0 Å². The normalized spacial score (nSPS) is 22.0. The van der Waals surface area contributed by atoms with Gasteiger partial charge in [0.25, 0.3) is 0 Å². The minimum atomic E-state index is -0.371. The maximum Gasteiger partial charge on any atom is 0.325 e. The molecule has 1 atom stereocenters. The molecule has 3 heterocycles. The molecule has 7 heteroatoms. The number of nitrogens with zero attached hydrogens (tertiary/aromatic N) is 4. The van der Waals surface area contributed by atoms with E-state index in [-0.39, 0.29) is 24.3 Å². The minimum Gasteiger partial charge on any atom is -0.468 e. The van der Waals surface area contributed by atoms with Gasteiger partial charge < -0.3 is 9.64 Å². The Balaban J connectivity index is 1.47. The third kappa shape index (κ3) is 5.52. The average Bonchev–Trinajstić information content (AvgIpc) is 2.74. The third-order valence-corrected chi connectivity index (χ3v) is 5.97. The Bertz CT molecular complexity index is 646. The van der Waals surface area contributed by atoms with Gasteiger partial charge in [-0.2, -0.15) is 0 Å². The lowest BCUT2D eigenvalue weighted by Gasteiger charge is -2.42. The Kier molecular flexibility index (Phi) is 7.39. The Hall–Kier alpha value is -1.99. The van der Waals surface area contributed by atoms with E-state index in [0.29, 0.717) is 6.04 Å². The molecule has 2 aliphatic rings. The van der Waals surface area contributed by atoms with Gasteiger partial charge in [0.2, 0.25) is 5.91 Å². The number of likely N-dealkylation sites (N-methyl/N-ethyl adjacent to an activating group) is 1. The molecule has 1 unspecified atom stereocenters. The van der Waals surface area contributed by atoms with Crippen LogP contribution in [0.1, 0.15) is 31.2 Å². The van der Waals surface area contributed by atoms with Crippen LogP contribution in [-0.2, 0) is 20.9 Å². The van der Waals surface area contributed by atoms with Gasteiger partial charge in [-0.1, -0.05) is 6.07 Å². The van der Waals surface area contributed by atoms with Crippen molar-refractivity contribution in [1.29, 1.82) is 0 Å². The monoisotopic (exact) mass is 388 g/mol. The van der Waals surface area contributed by atoms with Crippen molar-refractivity contribution in [3.63, 3.8) is 0 Å². The number of piperidine rings is 2. The highest BCUT2D eigenvalue weighted by Gasteiger charge is 2.33. The highest BCUT2D eigenvalue weighted by atomic mass is 16.5. The van der Waals surface area contributed by atoms with Crippen LogP contribution in [0.3, 0.4) is 0 Å². The van der Waals surface area contributed by atoms with E-state index in [1.165, 1.54) is 17.6 Å². The van der Waals surface area contributed by atoms with Crippen LogP contribution >= 0.6 is 0 Å². The van der Waals surface area contributed by atoms with E-state index in [9.17, 15) is 9.59 Å². The summed E-state index contributed by atoms with van der Waals surface area (Å²) in [6, 6.07) is 4.67. The van der Waals surface area contributed by atoms with E-state index in [1.54, 1.807) is 7.05 Å². The van der Waals surface area contributed by atoms with Crippen molar-refractivity contribution in [3.05, 3.63) is 30.1 Å². The fourth-order valence-electron chi connectivity index (χ4n) is 4.38. The Labute approximate surface area is 167 Å². The number of methoxy groups -OCH3 is 1. The standard InChI is InChI=1S/C21H32N4O3/c1-23(16-20(26)28-2)21(27)18-6-4-10-25(15-18)19-7-11-24(12-8-19)14-17-5-3-9-22-13-17/h3,5,9,13,18-19H,4,6-8,10-12,14-16H2,1-2H3. The molecule has 0 N–H and O–H groups in total. The number of pyridine rings is 1. The molecule has 3 rings (SSSR count). The number of hydrogen-bond acceptors (Lipinski definition) is 6. The summed E-state index contributed by atoms with van der Waals surface area (Å²) in [5.41, 5.74) is 1.26. The number of rotatable bonds is 6. The van der Waals surface area contributed by atoms with Crippen LogP contribution in [0.4, 0.5) is 0 Å². The van der Waals surface area contributed by atoms with E-state index in [0.717, 1.165) is 58.4 Å². The second kappa shape index (κ2) is 9.98. The van der Waals surface area contributed by atoms with Crippen LogP contribution in [0, 0.1) is 5.92 Å². The van der Waals surface area contributed by atoms with E-state index in [2.05, 4.69) is 25.6 Å². The number of carbonyl (C=O) groups is 2. The average molecular weight is 389 g/mol. The SMILES string of the molecule is COC(=O)CN(C)C(=O)C1CCCN(C2CCN(Cc3cccnc3)CC2)C1. The molecule has 0 bridgehead atoms. The molecule has 2 aliphatic heterocycles. The van der Waals surface area contributed by atoms with Crippen LogP contribution in [0.2, 0.25) is 0 Å². The van der Waals surface area contributed by atoms with Gasteiger partial charge in [-0.3, -0.25) is 24.4 Å². The summed E-state index contributed by atoms with van der Waals surface area (Å²) < 4.78 is 4.68. The zero-order chi connectivity index (χ0) is 19.9. The summed E-state index contributed by atoms with van der Waals surface area (Å²) in [5.74, 6) is -0.328. The fraction of sp³-hybridized carbons (Fsp3) is 0.667. The topological polar surface area (TPSA) is 66.0 Å². The van der Waals surface area contributed by atoms with Gasteiger partial charge in [-0.05, 0) is 56.9 Å². The number of aromatic nitrogens is 1. The number of amides is 1. The quantitative estimate of drug-likeness (QED) is 0.686. The lowest BCUT2D eigenvalue weighted by molar-refractivity contribution is -0.148. The predicted molar refractivity (Wildman–Crippen MR) is 106 cm³/mol. The Morgan fingerprint density at radius 2 is 2.04 bits per heavy atom. The summed E-state index contributed by atoms with van der Waals surface area (Å²) in [7, 11) is 3.04. The number of likely N-dealkylation sites (tertiary alicyclic amines) is 2. The van der Waals surface area contributed by atoms with E-state index in [1.807, 2.05) is 18.5 Å². The van der Waals surface area contributed by atoms with Crippen LogP contribution in [0.25, 0.3) is 0 Å². The van der Waals surface area contributed by atoms with Gasteiger partial charge >= 0.3 is 5.97 Å². The second-order valence-corrected chi connectivity index (χ2v) is 7.97. The third-order valence-electron chi connectivity index (χ3n) is 5.97. The summed E-state index contributed by atoms with van der Waals surface area (Å²) >= 11 is 0. The molecule has 0 radical (unpaired) electrons. The maximum absolute atomic E-state index is 12.7. The second-order valence-electron chi connectivity index (χ2n) is 7.97. The first-order valence-electron chi connectivity index (χ1n) is 10.2. The molecule has 0 aliphatic carbocycles. The van der Waals surface area contributed by atoms with Crippen molar-refractivity contribution in [1.82, 2.24) is 19.7 Å². The van der Waals surface area contributed by atoms with Crippen LogP contribution in [0.15, 0.2) is 24.5 Å². The number of hydrogen-bond donors (Lipinski definition) is 0. The molecule has 1 amide bonds. The number of carbonyl (C=O) groups excluding carboxylic acids is 2. The molecular formula is C21H32N4O3. The Morgan fingerprint density at radius 3 is 2.71 bits per heavy atom. The van der Waals surface area contributed by atoms with Crippen molar-refractivity contribution >= 4 is 11.9 Å². The fourth-order valence-corrected chi connectivity index (χ4v) is 4.38. The van der Waals surface area contributed by atoms with Crippen molar-refractivity contribution in [2.45, 2.75) is 38.3 Å². The van der Waals surface area contributed by atoms with Crippen LogP contribution in [-0.4, -0.2) is 84.5 Å². The molecule has 2 fully saturated rings. The van der Waals surface area contributed by atoms with Gasteiger partial charge in [0, 0.05) is 38.6 Å². The zero-order valence-electron chi connectivity index (χ0n) is 17.0. The lowest BCUT2D eigenvalue weighted by Crippen LogP contribution is -2.51. The summed E-state index contributed by atoms with van der Waals surface area (Å²) in [4.78, 5) is 34.9. The van der Waals surface area contributed by atoms with Gasteiger partial charge in [-0.25, -0.2) is 0 Å². The van der Waals surface area contributed by atoms with Gasteiger partial charge in [0.15, 0.2) is 0 Å². The van der Waals surface area contributed by atoms with Gasteiger partial charge in [-0.15, -0.1) is 0 Å². The van der Waals surface area contributed by atoms with E-state index < -0.39 is 0 Å². The molecule has 0 spiro atoms. The highest BCUT2D eigenvalue weighted by Crippen LogP contribution is 2.25. The van der Waals surface area contributed by atoms with Crippen molar-refractivity contribution < 1.29 is 14.3 Å². The lowest BCUT2D eigenvalue weighted by atomic mass is 9.93. The largest absolute Gasteiger partial charge is 0.468 e. The van der Waals surface area contributed by atoms with Gasteiger partial charge in [0.1, 0.15) is 6.54 Å². The van der Waals surface area contributed by atoms with E-state index >= 15 is 0 Å². The van der Waals surface area contributed by atoms with Crippen molar-refractivity contribution in [2.75, 3.05) is 46.9 Å². The zero-order valence-corrected chi connectivity index (χ0v) is 17.0. The molecule has 2 saturated heterocycles. The predicted octanol–water partition coefficient (Wildman–Crippen LogP) is 1.39. The smallest absolute Gasteiger partial charge is 0.325 e. The first-order valence-corrected chi connectivity index (χ1v) is 10.2. The van der Waals surface area contributed by atoms with E-state index in [4.69, 9.17) is 0 Å². The molecule has 154 valence electrons. The molecule has 1 aromatic rings. The molecule has 7 nitrogen and oxygen atoms in total. The Morgan fingerprint density at radius 1 is 1.25 bits per heavy atom. The number of esters is 1. The molecule has 0 aromatic carbocycles. The minimum absolute atomic E-state index is 0.0168. The van der Waals surface area contributed by atoms with Crippen molar-refractivity contribution in [3.8, 4) is 0 Å². The van der Waals surface area contributed by atoms with Crippen LogP contribution < -0.4 is 0 Å². The molecule has 0 saturated carbocycles. The summed E-state index contributed by atoms with van der Waals surface area (Å²) in [5, 5.41) is 0. The molecular weight excluding hydrogens is 356 g/mol. The molecule has 1 aromatic heterocycles. The number of ether oxygens (including phenoxy) is 1. The summed E-state index contributed by atoms with van der Waals surface area (Å²) in [6.07, 6.45) is 7.97. The maximum atomic E-state index is 12.7. The molecule has 28 heavy (non-hydrogen) atoms. The summed E-state index contributed by atoms with van der Waals surface area (Å²) in [6.45, 7) is 5.02. The van der Waals surface area contributed by atoms with Crippen molar-refractivity contribution in [2.24, 2.45) is 5.92 Å².